The molecule has 75 heavy (non-hydrogen) atoms. The van der Waals surface area contributed by atoms with Crippen LogP contribution < -0.4 is 0 Å². The SMILES string of the molecule is CCC/C=C\CCCCCCCC(=O)OCC(COC(=O)CCCCCCCCCCCCCCCCCCCCCCCCC/C=C\C/C=C\CCCCCCC)OC(=O)CCCCCCCCCCCCCC. The van der Waals surface area contributed by atoms with Crippen LogP contribution in [0.15, 0.2) is 36.5 Å². The fourth-order valence-electron chi connectivity index (χ4n) is 10.1. The lowest BCUT2D eigenvalue weighted by Crippen LogP contribution is -2.30. The molecular weight excluding hydrogens is 925 g/mol. The van der Waals surface area contributed by atoms with E-state index in [-0.39, 0.29) is 31.1 Å². The summed E-state index contributed by atoms with van der Waals surface area (Å²) >= 11 is 0. The summed E-state index contributed by atoms with van der Waals surface area (Å²) in [5.41, 5.74) is 0. The van der Waals surface area contributed by atoms with Crippen molar-refractivity contribution in [2.45, 2.75) is 374 Å². The van der Waals surface area contributed by atoms with E-state index in [0.29, 0.717) is 19.3 Å². The van der Waals surface area contributed by atoms with E-state index in [9.17, 15) is 14.4 Å². The van der Waals surface area contributed by atoms with Crippen molar-refractivity contribution in [3.63, 3.8) is 0 Å². The van der Waals surface area contributed by atoms with Gasteiger partial charge in [-0.2, -0.15) is 0 Å². The summed E-state index contributed by atoms with van der Waals surface area (Å²) in [6.45, 7) is 6.60. The summed E-state index contributed by atoms with van der Waals surface area (Å²) in [7, 11) is 0. The third-order valence-corrected chi connectivity index (χ3v) is 15.1. The van der Waals surface area contributed by atoms with Gasteiger partial charge in [-0.05, 0) is 70.6 Å². The van der Waals surface area contributed by atoms with Gasteiger partial charge in [-0.25, -0.2) is 0 Å². The molecule has 0 radical (unpaired) electrons. The molecular formula is C69H128O6. The Bertz CT molecular complexity index is 1250. The molecule has 1 unspecified atom stereocenters. The predicted octanol–water partition coefficient (Wildman–Crippen LogP) is 22.8. The Balaban J connectivity index is 3.94. The minimum absolute atomic E-state index is 0.0689. The van der Waals surface area contributed by atoms with Crippen molar-refractivity contribution in [2.24, 2.45) is 0 Å². The van der Waals surface area contributed by atoms with Crippen molar-refractivity contribution in [3.8, 4) is 0 Å². The zero-order chi connectivity index (χ0) is 54.3. The van der Waals surface area contributed by atoms with Gasteiger partial charge in [0.25, 0.3) is 0 Å². The average Bonchev–Trinajstić information content (AvgIpc) is 3.41. The van der Waals surface area contributed by atoms with E-state index in [2.05, 4.69) is 57.2 Å². The number of hydrogen-bond acceptors (Lipinski definition) is 6. The second kappa shape index (κ2) is 64.2. The number of carbonyl (C=O) groups is 3. The first-order valence-corrected chi connectivity index (χ1v) is 33.5. The second-order valence-electron chi connectivity index (χ2n) is 22.7. The van der Waals surface area contributed by atoms with Crippen LogP contribution >= 0.6 is 0 Å². The summed E-state index contributed by atoms with van der Waals surface area (Å²) < 4.78 is 16.9. The van der Waals surface area contributed by atoms with Gasteiger partial charge in [-0.1, -0.05) is 314 Å². The molecule has 0 amide bonds. The number of allylic oxidation sites excluding steroid dienone is 6. The molecule has 0 aliphatic rings. The normalized spacial score (nSPS) is 12.2. The lowest BCUT2D eigenvalue weighted by Gasteiger charge is -2.18. The molecule has 6 nitrogen and oxygen atoms in total. The predicted molar refractivity (Wildman–Crippen MR) is 326 cm³/mol. The molecule has 0 saturated heterocycles. The first-order valence-electron chi connectivity index (χ1n) is 33.5. The molecule has 0 aromatic heterocycles. The van der Waals surface area contributed by atoms with E-state index < -0.39 is 6.10 Å². The van der Waals surface area contributed by atoms with E-state index in [4.69, 9.17) is 14.2 Å². The molecule has 0 fully saturated rings. The number of esters is 3. The van der Waals surface area contributed by atoms with Gasteiger partial charge in [-0.3, -0.25) is 14.4 Å². The highest BCUT2D eigenvalue weighted by Crippen LogP contribution is 2.18. The van der Waals surface area contributed by atoms with Crippen LogP contribution in [-0.2, 0) is 28.6 Å². The third-order valence-electron chi connectivity index (χ3n) is 15.1. The number of carbonyl (C=O) groups excluding carboxylic acids is 3. The number of unbranched alkanes of at least 4 members (excludes halogenated alkanes) is 45. The van der Waals surface area contributed by atoms with E-state index in [1.54, 1.807) is 0 Å². The summed E-state index contributed by atoms with van der Waals surface area (Å²) in [4.78, 5) is 38.1. The Morgan fingerprint density at radius 1 is 0.267 bits per heavy atom. The van der Waals surface area contributed by atoms with Gasteiger partial charge < -0.3 is 14.2 Å². The van der Waals surface area contributed by atoms with Crippen LogP contribution in [0, 0.1) is 0 Å². The standard InChI is InChI=1S/C69H128O6/c1-4-7-10-13-16-19-22-24-25-26-27-28-29-30-31-32-33-34-35-36-37-38-39-40-41-42-43-44-45-46-48-50-53-56-59-62-68(71)74-65-66(64-73-67(70)61-58-55-52-49-21-18-15-12-9-6-3)75-69(72)63-60-57-54-51-47-23-20-17-14-11-8-5-2/h12,15,22,24,26-27,66H,4-11,13-14,16-21,23,25,28-65H2,1-3H3/b15-12-,24-22-,27-26-. The van der Waals surface area contributed by atoms with Gasteiger partial charge in [0.2, 0.25) is 0 Å². The number of hydrogen-bond donors (Lipinski definition) is 0. The molecule has 0 N–H and O–H groups in total. The molecule has 0 bridgehead atoms. The quantitative estimate of drug-likeness (QED) is 0.0261. The molecule has 0 aliphatic carbocycles. The van der Waals surface area contributed by atoms with Crippen molar-refractivity contribution in [2.75, 3.05) is 13.2 Å². The lowest BCUT2D eigenvalue weighted by molar-refractivity contribution is -0.167. The van der Waals surface area contributed by atoms with Crippen molar-refractivity contribution in [3.05, 3.63) is 36.5 Å². The largest absolute Gasteiger partial charge is 0.462 e. The highest BCUT2D eigenvalue weighted by atomic mass is 16.6. The van der Waals surface area contributed by atoms with Crippen LogP contribution in [0.2, 0.25) is 0 Å². The maximum absolute atomic E-state index is 12.8. The molecule has 0 saturated carbocycles. The van der Waals surface area contributed by atoms with Gasteiger partial charge in [0.05, 0.1) is 0 Å². The van der Waals surface area contributed by atoms with Gasteiger partial charge in [-0.15, -0.1) is 0 Å². The third kappa shape index (κ3) is 62.4. The van der Waals surface area contributed by atoms with Crippen LogP contribution in [0.25, 0.3) is 0 Å². The van der Waals surface area contributed by atoms with Gasteiger partial charge in [0.15, 0.2) is 6.10 Å². The molecule has 0 spiro atoms. The molecule has 0 aliphatic heterocycles. The summed E-state index contributed by atoms with van der Waals surface area (Å²) in [6.07, 6.45) is 79.1. The highest BCUT2D eigenvalue weighted by molar-refractivity contribution is 5.71. The van der Waals surface area contributed by atoms with Gasteiger partial charge in [0.1, 0.15) is 13.2 Å². The smallest absolute Gasteiger partial charge is 0.306 e. The Labute approximate surface area is 467 Å². The number of ether oxygens (including phenoxy) is 3. The van der Waals surface area contributed by atoms with Crippen LogP contribution in [-0.4, -0.2) is 37.2 Å². The molecule has 0 aromatic rings. The summed E-state index contributed by atoms with van der Waals surface area (Å²) in [5.74, 6) is -0.859. The van der Waals surface area contributed by atoms with E-state index >= 15 is 0 Å². The Morgan fingerprint density at radius 2 is 0.507 bits per heavy atom. The fourth-order valence-corrected chi connectivity index (χ4v) is 10.1. The van der Waals surface area contributed by atoms with Crippen molar-refractivity contribution in [1.29, 1.82) is 0 Å². The van der Waals surface area contributed by atoms with Crippen LogP contribution in [0.3, 0.4) is 0 Å². The fraction of sp³-hybridized carbons (Fsp3) is 0.870. The van der Waals surface area contributed by atoms with E-state index in [1.165, 1.54) is 250 Å². The maximum atomic E-state index is 12.8. The topological polar surface area (TPSA) is 78.9 Å². The Hall–Kier alpha value is -2.37. The first kappa shape index (κ1) is 72.6. The first-order chi connectivity index (χ1) is 37.0. The molecule has 1 atom stereocenters. The van der Waals surface area contributed by atoms with E-state index in [1.807, 2.05) is 0 Å². The van der Waals surface area contributed by atoms with Crippen molar-refractivity contribution < 1.29 is 28.6 Å². The zero-order valence-electron chi connectivity index (χ0n) is 50.6. The summed E-state index contributed by atoms with van der Waals surface area (Å²) in [6, 6.07) is 0. The monoisotopic (exact) mass is 1050 g/mol. The van der Waals surface area contributed by atoms with Gasteiger partial charge in [0, 0.05) is 19.3 Å². The minimum Gasteiger partial charge on any atom is -0.462 e. The summed E-state index contributed by atoms with van der Waals surface area (Å²) in [5, 5.41) is 0. The minimum atomic E-state index is -0.769. The van der Waals surface area contributed by atoms with Crippen molar-refractivity contribution in [1.82, 2.24) is 0 Å². The Kier molecular flexibility index (Phi) is 62.1. The molecule has 0 aromatic carbocycles. The van der Waals surface area contributed by atoms with Crippen molar-refractivity contribution >= 4 is 17.9 Å². The molecule has 6 heteroatoms. The molecule has 0 heterocycles. The lowest BCUT2D eigenvalue weighted by atomic mass is 10.0. The number of rotatable bonds is 62. The average molecular weight is 1050 g/mol. The van der Waals surface area contributed by atoms with Crippen LogP contribution in [0.5, 0.6) is 0 Å². The van der Waals surface area contributed by atoms with Crippen LogP contribution in [0.1, 0.15) is 367 Å². The van der Waals surface area contributed by atoms with E-state index in [0.717, 1.165) is 77.0 Å². The maximum Gasteiger partial charge on any atom is 0.306 e. The molecule has 0 rings (SSSR count). The second-order valence-corrected chi connectivity index (χ2v) is 22.7. The molecule has 440 valence electrons. The zero-order valence-corrected chi connectivity index (χ0v) is 50.6. The Morgan fingerprint density at radius 3 is 0.800 bits per heavy atom. The van der Waals surface area contributed by atoms with Crippen LogP contribution in [0.4, 0.5) is 0 Å². The highest BCUT2D eigenvalue weighted by Gasteiger charge is 2.19. The van der Waals surface area contributed by atoms with Gasteiger partial charge >= 0.3 is 17.9 Å².